The smallest absolute Gasteiger partial charge is 0.295 e. The average Bonchev–Trinajstić information content (AvgIpc) is 3.05. The van der Waals surface area contributed by atoms with Crippen molar-refractivity contribution in [3.05, 3.63) is 64.2 Å². The predicted octanol–water partition coefficient (Wildman–Crippen LogP) is 5.36. The van der Waals surface area contributed by atoms with Gasteiger partial charge in [-0.1, -0.05) is 43.5 Å². The van der Waals surface area contributed by atoms with Gasteiger partial charge in [0.15, 0.2) is 0 Å². The third-order valence-electron chi connectivity index (χ3n) is 5.46. The van der Waals surface area contributed by atoms with Crippen molar-refractivity contribution in [2.75, 3.05) is 20.3 Å². The lowest BCUT2D eigenvalue weighted by atomic mass is 9.95. The number of aliphatic hydroxyl groups is 1. The summed E-state index contributed by atoms with van der Waals surface area (Å²) in [5.74, 6) is -0.579. The molecule has 7 heteroatoms. The molecule has 0 spiro atoms. The van der Waals surface area contributed by atoms with Gasteiger partial charge in [-0.2, -0.15) is 0 Å². The van der Waals surface area contributed by atoms with E-state index >= 15 is 0 Å². The Bertz CT molecular complexity index is 1030. The summed E-state index contributed by atoms with van der Waals surface area (Å²) >= 11 is 6.35. The van der Waals surface area contributed by atoms with Crippen molar-refractivity contribution in [1.29, 1.82) is 0 Å². The van der Waals surface area contributed by atoms with Crippen LogP contribution in [0.25, 0.3) is 5.76 Å². The van der Waals surface area contributed by atoms with Crippen LogP contribution in [0.2, 0.25) is 5.02 Å². The van der Waals surface area contributed by atoms with Crippen molar-refractivity contribution in [3.63, 3.8) is 0 Å². The topological polar surface area (TPSA) is 76.1 Å². The monoisotopic (exact) mass is 457 g/mol. The number of benzene rings is 2. The van der Waals surface area contributed by atoms with Crippen molar-refractivity contribution in [1.82, 2.24) is 4.90 Å². The summed E-state index contributed by atoms with van der Waals surface area (Å²) < 4.78 is 10.9. The Labute approximate surface area is 193 Å². The first-order valence-corrected chi connectivity index (χ1v) is 11.2. The Balaban J connectivity index is 2.17. The van der Waals surface area contributed by atoms with Crippen LogP contribution in [0.1, 0.15) is 50.3 Å². The van der Waals surface area contributed by atoms with E-state index < -0.39 is 17.7 Å². The molecule has 1 aliphatic heterocycles. The van der Waals surface area contributed by atoms with E-state index in [0.29, 0.717) is 30.2 Å². The molecule has 3 rings (SSSR count). The van der Waals surface area contributed by atoms with Crippen molar-refractivity contribution in [3.8, 4) is 11.5 Å². The van der Waals surface area contributed by atoms with Gasteiger partial charge in [0.05, 0.1) is 30.4 Å². The van der Waals surface area contributed by atoms with E-state index in [2.05, 4.69) is 6.92 Å². The highest BCUT2D eigenvalue weighted by Gasteiger charge is 2.46. The lowest BCUT2D eigenvalue weighted by Crippen LogP contribution is -2.30. The largest absolute Gasteiger partial charge is 0.507 e. The molecule has 1 atom stereocenters. The molecule has 2 aromatic carbocycles. The van der Waals surface area contributed by atoms with E-state index in [1.807, 2.05) is 13.0 Å². The molecule has 0 aromatic heterocycles. The van der Waals surface area contributed by atoms with E-state index in [0.717, 1.165) is 19.3 Å². The summed E-state index contributed by atoms with van der Waals surface area (Å²) in [4.78, 5) is 27.6. The molecule has 1 unspecified atom stereocenters. The molecule has 1 N–H and O–H groups in total. The molecule has 0 saturated carbocycles. The summed E-state index contributed by atoms with van der Waals surface area (Å²) in [6, 6.07) is 11.3. The molecule has 170 valence electrons. The minimum atomic E-state index is -0.742. The third-order valence-corrected chi connectivity index (χ3v) is 5.79. The van der Waals surface area contributed by atoms with E-state index in [1.54, 1.807) is 43.5 Å². The maximum absolute atomic E-state index is 13.1. The molecule has 1 amide bonds. The zero-order valence-corrected chi connectivity index (χ0v) is 19.3. The van der Waals surface area contributed by atoms with Crippen LogP contribution in [0.5, 0.6) is 11.5 Å². The second-order valence-electron chi connectivity index (χ2n) is 7.55. The SMILES string of the molecule is CCCCCN1C(=O)C(=O)/C(=C(/O)c2cc(OCC)ccc2Cl)C1c1cccc(OC)c1. The zero-order valence-electron chi connectivity index (χ0n) is 18.6. The molecule has 1 aliphatic rings. The van der Waals surface area contributed by atoms with Crippen LogP contribution in [-0.4, -0.2) is 42.0 Å². The van der Waals surface area contributed by atoms with E-state index in [-0.39, 0.29) is 21.9 Å². The highest BCUT2D eigenvalue weighted by atomic mass is 35.5. The number of ketones is 1. The van der Waals surface area contributed by atoms with E-state index in [9.17, 15) is 14.7 Å². The summed E-state index contributed by atoms with van der Waals surface area (Å²) in [6.45, 7) is 4.76. The van der Waals surface area contributed by atoms with Gasteiger partial charge >= 0.3 is 0 Å². The van der Waals surface area contributed by atoms with E-state index in [1.165, 1.54) is 4.90 Å². The fraction of sp³-hybridized carbons (Fsp3) is 0.360. The number of ether oxygens (including phenoxy) is 2. The van der Waals surface area contributed by atoms with Gasteiger partial charge in [0.25, 0.3) is 11.7 Å². The number of aliphatic hydroxyl groups excluding tert-OH is 1. The molecule has 2 aromatic rings. The number of unbranched alkanes of at least 4 members (excludes halogenated alkanes) is 2. The van der Waals surface area contributed by atoms with Gasteiger partial charge < -0.3 is 19.5 Å². The lowest BCUT2D eigenvalue weighted by molar-refractivity contribution is -0.139. The van der Waals surface area contributed by atoms with Crippen LogP contribution in [0.15, 0.2) is 48.0 Å². The quantitative estimate of drug-likeness (QED) is 0.237. The van der Waals surface area contributed by atoms with Crippen LogP contribution in [0.3, 0.4) is 0 Å². The molecular weight excluding hydrogens is 430 g/mol. The molecule has 1 saturated heterocycles. The normalized spacial score (nSPS) is 17.6. The highest BCUT2D eigenvalue weighted by Crippen LogP contribution is 2.41. The summed E-state index contributed by atoms with van der Waals surface area (Å²) in [7, 11) is 1.55. The molecule has 0 bridgehead atoms. The molecule has 1 fully saturated rings. The van der Waals surface area contributed by atoms with Gasteiger partial charge in [-0.05, 0) is 49.2 Å². The molecule has 0 aliphatic carbocycles. The molecule has 0 radical (unpaired) electrons. The number of halogens is 1. The summed E-state index contributed by atoms with van der Waals surface area (Å²) in [6.07, 6.45) is 2.66. The van der Waals surface area contributed by atoms with Crippen molar-refractivity contribution < 1.29 is 24.2 Å². The predicted molar refractivity (Wildman–Crippen MR) is 124 cm³/mol. The number of methoxy groups -OCH3 is 1. The maximum atomic E-state index is 13.1. The molecule has 6 nitrogen and oxygen atoms in total. The van der Waals surface area contributed by atoms with Crippen LogP contribution >= 0.6 is 11.6 Å². The van der Waals surface area contributed by atoms with Crippen molar-refractivity contribution in [2.24, 2.45) is 0 Å². The number of hydrogen-bond acceptors (Lipinski definition) is 5. The van der Waals surface area contributed by atoms with Crippen LogP contribution in [0, 0.1) is 0 Å². The first-order chi connectivity index (χ1) is 15.4. The minimum Gasteiger partial charge on any atom is -0.507 e. The van der Waals surface area contributed by atoms with Gasteiger partial charge in [-0.25, -0.2) is 0 Å². The third kappa shape index (κ3) is 4.75. The molecule has 32 heavy (non-hydrogen) atoms. The van der Waals surface area contributed by atoms with Gasteiger partial charge in [-0.15, -0.1) is 0 Å². The summed E-state index contributed by atoms with van der Waals surface area (Å²) in [5.41, 5.74) is 0.936. The number of rotatable bonds is 9. The number of carbonyl (C=O) groups excluding carboxylic acids is 2. The fourth-order valence-electron chi connectivity index (χ4n) is 3.89. The zero-order chi connectivity index (χ0) is 23.3. The second kappa shape index (κ2) is 10.6. The fourth-order valence-corrected chi connectivity index (χ4v) is 4.10. The first-order valence-electron chi connectivity index (χ1n) is 10.8. The highest BCUT2D eigenvalue weighted by molar-refractivity contribution is 6.47. The summed E-state index contributed by atoms with van der Waals surface area (Å²) in [5, 5.41) is 11.5. The van der Waals surface area contributed by atoms with Crippen molar-refractivity contribution in [2.45, 2.75) is 39.2 Å². The Morgan fingerprint density at radius 3 is 2.56 bits per heavy atom. The number of nitrogens with zero attached hydrogens (tertiary/aromatic N) is 1. The van der Waals surface area contributed by atoms with Crippen LogP contribution < -0.4 is 9.47 Å². The second-order valence-corrected chi connectivity index (χ2v) is 7.96. The Hall–Kier alpha value is -2.99. The number of hydrogen-bond donors (Lipinski definition) is 1. The number of Topliss-reactive ketones (excluding diaryl/α,β-unsaturated/α-hetero) is 1. The van der Waals surface area contributed by atoms with Crippen molar-refractivity contribution >= 4 is 29.1 Å². The van der Waals surface area contributed by atoms with Gasteiger partial charge in [0.1, 0.15) is 17.3 Å². The maximum Gasteiger partial charge on any atom is 0.295 e. The Morgan fingerprint density at radius 1 is 1.09 bits per heavy atom. The number of amides is 1. The van der Waals surface area contributed by atoms with Gasteiger partial charge in [0, 0.05) is 12.1 Å². The Morgan fingerprint density at radius 2 is 1.88 bits per heavy atom. The Kier molecular flexibility index (Phi) is 7.80. The lowest BCUT2D eigenvalue weighted by Gasteiger charge is -2.25. The molecular formula is C25H28ClNO5. The molecule has 1 heterocycles. The van der Waals surface area contributed by atoms with Crippen LogP contribution in [-0.2, 0) is 9.59 Å². The van der Waals surface area contributed by atoms with Gasteiger partial charge in [0.2, 0.25) is 0 Å². The van der Waals surface area contributed by atoms with Gasteiger partial charge in [-0.3, -0.25) is 9.59 Å². The minimum absolute atomic E-state index is 0.00954. The van der Waals surface area contributed by atoms with E-state index in [4.69, 9.17) is 21.1 Å². The number of likely N-dealkylation sites (tertiary alicyclic amines) is 1. The first kappa shape index (κ1) is 23.7. The standard InChI is InChI=1S/C25H28ClNO5/c1-4-6-7-13-27-22(16-9-8-10-17(14-16)31-3)21(24(29)25(27)30)23(28)19-15-18(32-5-2)11-12-20(19)26/h8-12,14-15,22,28H,4-7,13H2,1-3H3/b23-21+. The van der Waals surface area contributed by atoms with Crippen LogP contribution in [0.4, 0.5) is 0 Å². The average molecular weight is 458 g/mol. The number of carbonyl (C=O) groups is 2.